The molecule has 0 saturated carbocycles. The van der Waals surface area contributed by atoms with Crippen LogP contribution in [0.5, 0.6) is 5.75 Å². The molecular formula is C16H15ClN2O. The predicted octanol–water partition coefficient (Wildman–Crippen LogP) is 3.51. The van der Waals surface area contributed by atoms with Gasteiger partial charge in [-0.2, -0.15) is 5.26 Å². The zero-order valence-corrected chi connectivity index (χ0v) is 11.9. The topological polar surface area (TPSA) is 45.0 Å². The molecule has 1 N–H and O–H groups in total. The van der Waals surface area contributed by atoms with E-state index in [1.54, 1.807) is 13.2 Å². The summed E-state index contributed by atoms with van der Waals surface area (Å²) in [6.45, 7) is 1.37. The number of nitriles is 1. The van der Waals surface area contributed by atoms with Crippen LogP contribution in [0.25, 0.3) is 0 Å². The molecule has 0 radical (unpaired) electrons. The van der Waals surface area contributed by atoms with E-state index in [0.717, 1.165) is 28.4 Å². The zero-order chi connectivity index (χ0) is 14.4. The first kappa shape index (κ1) is 14.4. The van der Waals surface area contributed by atoms with Gasteiger partial charge in [0, 0.05) is 23.7 Å². The third-order valence-electron chi connectivity index (χ3n) is 2.97. The number of nitrogens with one attached hydrogen (secondary N) is 1. The molecule has 0 aliphatic heterocycles. The van der Waals surface area contributed by atoms with Crippen molar-refractivity contribution in [3.63, 3.8) is 0 Å². The monoisotopic (exact) mass is 286 g/mol. The first-order valence-electron chi connectivity index (χ1n) is 6.25. The highest BCUT2D eigenvalue weighted by atomic mass is 35.5. The van der Waals surface area contributed by atoms with Gasteiger partial charge in [-0.1, -0.05) is 23.7 Å². The van der Waals surface area contributed by atoms with Gasteiger partial charge in [-0.05, 0) is 35.9 Å². The van der Waals surface area contributed by atoms with Crippen molar-refractivity contribution < 1.29 is 4.74 Å². The van der Waals surface area contributed by atoms with E-state index in [-0.39, 0.29) is 0 Å². The average molecular weight is 287 g/mol. The summed E-state index contributed by atoms with van der Waals surface area (Å²) in [6, 6.07) is 15.3. The minimum absolute atomic E-state index is 0.633. The fourth-order valence-corrected chi connectivity index (χ4v) is 2.06. The van der Waals surface area contributed by atoms with Gasteiger partial charge < -0.3 is 10.1 Å². The molecule has 2 aromatic rings. The van der Waals surface area contributed by atoms with Gasteiger partial charge in [0.2, 0.25) is 0 Å². The van der Waals surface area contributed by atoms with E-state index in [9.17, 15) is 0 Å². The molecule has 0 amide bonds. The number of nitrogens with zero attached hydrogens (tertiary/aromatic N) is 1. The highest BCUT2D eigenvalue weighted by molar-refractivity contribution is 6.30. The Bertz CT molecular complexity index is 617. The van der Waals surface area contributed by atoms with Crippen LogP contribution in [0.1, 0.15) is 16.7 Å². The Labute approximate surface area is 123 Å². The van der Waals surface area contributed by atoms with Crippen LogP contribution >= 0.6 is 11.6 Å². The molecule has 0 fully saturated rings. The van der Waals surface area contributed by atoms with Crippen LogP contribution in [-0.2, 0) is 13.1 Å². The summed E-state index contributed by atoms with van der Waals surface area (Å²) in [6.07, 6.45) is 0. The summed E-state index contributed by atoms with van der Waals surface area (Å²) in [5.41, 5.74) is 2.76. The fraction of sp³-hybridized carbons (Fsp3) is 0.188. The Morgan fingerprint density at radius 1 is 1.15 bits per heavy atom. The third kappa shape index (κ3) is 3.74. The van der Waals surface area contributed by atoms with E-state index in [2.05, 4.69) is 11.4 Å². The Hall–Kier alpha value is -2.02. The van der Waals surface area contributed by atoms with Gasteiger partial charge in [-0.15, -0.1) is 0 Å². The molecule has 102 valence electrons. The molecule has 2 rings (SSSR count). The Balaban J connectivity index is 2.00. The number of benzene rings is 2. The maximum atomic E-state index is 8.93. The average Bonchev–Trinajstić information content (AvgIpc) is 2.49. The number of halogens is 1. The lowest BCUT2D eigenvalue weighted by molar-refractivity contribution is 0.407. The molecular weight excluding hydrogens is 272 g/mol. The Morgan fingerprint density at radius 2 is 1.90 bits per heavy atom. The minimum Gasteiger partial charge on any atom is -0.496 e. The summed E-state index contributed by atoms with van der Waals surface area (Å²) in [5.74, 6) is 0.785. The van der Waals surface area contributed by atoms with E-state index in [4.69, 9.17) is 21.6 Å². The summed E-state index contributed by atoms with van der Waals surface area (Å²) in [4.78, 5) is 0. The molecule has 0 unspecified atom stereocenters. The molecule has 0 spiro atoms. The molecule has 3 nitrogen and oxygen atoms in total. The largest absolute Gasteiger partial charge is 0.496 e. The summed E-state index contributed by atoms with van der Waals surface area (Å²) in [5, 5.41) is 13.0. The van der Waals surface area contributed by atoms with Crippen molar-refractivity contribution >= 4 is 11.6 Å². The lowest BCUT2D eigenvalue weighted by atomic mass is 10.1. The highest BCUT2D eigenvalue weighted by Gasteiger charge is 2.04. The second-order valence-corrected chi connectivity index (χ2v) is 4.80. The maximum Gasteiger partial charge on any atom is 0.123 e. The number of hydrogen-bond donors (Lipinski definition) is 1. The number of hydrogen-bond acceptors (Lipinski definition) is 3. The third-order valence-corrected chi connectivity index (χ3v) is 3.22. The highest BCUT2D eigenvalue weighted by Crippen LogP contribution is 2.19. The number of ether oxygens (including phenoxy) is 1. The van der Waals surface area contributed by atoms with E-state index < -0.39 is 0 Å². The Morgan fingerprint density at radius 3 is 2.55 bits per heavy atom. The fourth-order valence-electron chi connectivity index (χ4n) is 1.93. The van der Waals surface area contributed by atoms with Crippen molar-refractivity contribution in [1.29, 1.82) is 5.26 Å². The quantitative estimate of drug-likeness (QED) is 0.915. The van der Waals surface area contributed by atoms with Gasteiger partial charge in [0.15, 0.2) is 0 Å². The van der Waals surface area contributed by atoms with Gasteiger partial charge in [-0.25, -0.2) is 0 Å². The SMILES string of the molecule is COc1ccc(C#N)cc1CNCc1ccc(Cl)cc1. The van der Waals surface area contributed by atoms with Crippen molar-refractivity contribution in [2.24, 2.45) is 0 Å². The molecule has 0 saturated heterocycles. The number of rotatable bonds is 5. The number of methoxy groups -OCH3 is 1. The van der Waals surface area contributed by atoms with Crippen LogP contribution in [0.2, 0.25) is 5.02 Å². The molecule has 2 aromatic carbocycles. The Kier molecular flexibility index (Phi) is 5.00. The second-order valence-electron chi connectivity index (χ2n) is 4.37. The zero-order valence-electron chi connectivity index (χ0n) is 11.2. The predicted molar refractivity (Wildman–Crippen MR) is 79.7 cm³/mol. The molecule has 4 heteroatoms. The summed E-state index contributed by atoms with van der Waals surface area (Å²) < 4.78 is 5.30. The molecule has 0 aromatic heterocycles. The van der Waals surface area contributed by atoms with Gasteiger partial charge in [-0.3, -0.25) is 0 Å². The first-order chi connectivity index (χ1) is 9.72. The minimum atomic E-state index is 0.633. The molecule has 0 aliphatic carbocycles. The normalized spacial score (nSPS) is 10.1. The molecule has 0 heterocycles. The van der Waals surface area contributed by atoms with Crippen LogP contribution in [0.4, 0.5) is 0 Å². The van der Waals surface area contributed by atoms with E-state index >= 15 is 0 Å². The van der Waals surface area contributed by atoms with Crippen molar-refractivity contribution in [2.45, 2.75) is 13.1 Å². The smallest absolute Gasteiger partial charge is 0.123 e. The van der Waals surface area contributed by atoms with Crippen molar-refractivity contribution in [3.8, 4) is 11.8 Å². The van der Waals surface area contributed by atoms with E-state index in [1.165, 1.54) is 0 Å². The first-order valence-corrected chi connectivity index (χ1v) is 6.63. The van der Waals surface area contributed by atoms with Crippen LogP contribution in [0.15, 0.2) is 42.5 Å². The van der Waals surface area contributed by atoms with Gasteiger partial charge in [0.25, 0.3) is 0 Å². The summed E-state index contributed by atoms with van der Waals surface area (Å²) >= 11 is 5.85. The molecule has 0 aliphatic rings. The van der Waals surface area contributed by atoms with Gasteiger partial charge in [0.1, 0.15) is 5.75 Å². The van der Waals surface area contributed by atoms with Crippen molar-refractivity contribution in [1.82, 2.24) is 5.32 Å². The second kappa shape index (κ2) is 6.95. The van der Waals surface area contributed by atoms with Crippen molar-refractivity contribution in [2.75, 3.05) is 7.11 Å². The van der Waals surface area contributed by atoms with Crippen LogP contribution in [-0.4, -0.2) is 7.11 Å². The van der Waals surface area contributed by atoms with Crippen LogP contribution in [0, 0.1) is 11.3 Å². The molecule has 0 atom stereocenters. The van der Waals surface area contributed by atoms with Gasteiger partial charge in [0.05, 0.1) is 18.7 Å². The lowest BCUT2D eigenvalue weighted by Gasteiger charge is -2.10. The molecule has 0 bridgehead atoms. The van der Waals surface area contributed by atoms with E-state index in [1.807, 2.05) is 36.4 Å². The van der Waals surface area contributed by atoms with E-state index in [0.29, 0.717) is 12.1 Å². The maximum absolute atomic E-state index is 8.93. The van der Waals surface area contributed by atoms with Crippen molar-refractivity contribution in [3.05, 3.63) is 64.2 Å². The van der Waals surface area contributed by atoms with Crippen LogP contribution < -0.4 is 10.1 Å². The standard InChI is InChI=1S/C16H15ClN2O/c1-20-16-7-4-13(9-18)8-14(16)11-19-10-12-2-5-15(17)6-3-12/h2-8,19H,10-11H2,1H3. The van der Waals surface area contributed by atoms with Gasteiger partial charge >= 0.3 is 0 Å². The van der Waals surface area contributed by atoms with Crippen LogP contribution in [0.3, 0.4) is 0 Å². The molecule has 20 heavy (non-hydrogen) atoms. The summed E-state index contributed by atoms with van der Waals surface area (Å²) in [7, 11) is 1.63. The lowest BCUT2D eigenvalue weighted by Crippen LogP contribution is -2.13.